The molecule has 138 valence electrons. The number of nitrogens with zero attached hydrogens (tertiary/aromatic N) is 2. The van der Waals surface area contributed by atoms with Crippen LogP contribution in [-0.2, 0) is 19.6 Å². The molecule has 0 aliphatic heterocycles. The summed E-state index contributed by atoms with van der Waals surface area (Å²) in [5.41, 5.74) is 2.10. The van der Waals surface area contributed by atoms with Crippen molar-refractivity contribution in [2.45, 2.75) is 19.6 Å². The molecule has 0 atom stereocenters. The highest BCUT2D eigenvalue weighted by molar-refractivity contribution is 7.13. The Labute approximate surface area is 166 Å². The van der Waals surface area contributed by atoms with Crippen molar-refractivity contribution < 1.29 is 9.15 Å². The monoisotopic (exact) mass is 396 g/mol. The molecule has 27 heavy (non-hydrogen) atoms. The molecule has 0 radical (unpaired) electrons. The lowest BCUT2D eigenvalue weighted by molar-refractivity contribution is 0.242. The van der Waals surface area contributed by atoms with E-state index in [4.69, 9.17) is 9.15 Å². The zero-order valence-corrected chi connectivity index (χ0v) is 16.6. The Morgan fingerprint density at radius 3 is 2.59 bits per heavy atom. The maximum absolute atomic E-state index is 5.69. The summed E-state index contributed by atoms with van der Waals surface area (Å²) in [6, 6.07) is 16.5. The highest BCUT2D eigenvalue weighted by Gasteiger charge is 2.15. The zero-order valence-electron chi connectivity index (χ0n) is 15.0. The number of methoxy groups -OCH3 is 1. The van der Waals surface area contributed by atoms with Gasteiger partial charge in [0.05, 0.1) is 17.7 Å². The fraction of sp³-hybridized carbons (Fsp3) is 0.190. The van der Waals surface area contributed by atoms with Crippen molar-refractivity contribution in [2.24, 2.45) is 0 Å². The molecule has 0 bridgehead atoms. The van der Waals surface area contributed by atoms with Gasteiger partial charge in [0.2, 0.25) is 5.89 Å². The summed E-state index contributed by atoms with van der Waals surface area (Å²) in [5.74, 6) is 1.60. The number of hydrogen-bond acceptors (Lipinski definition) is 6. The number of rotatable bonds is 8. The zero-order chi connectivity index (χ0) is 18.5. The van der Waals surface area contributed by atoms with Crippen LogP contribution in [0.4, 0.5) is 0 Å². The molecule has 3 aromatic heterocycles. The van der Waals surface area contributed by atoms with E-state index >= 15 is 0 Å². The highest BCUT2D eigenvalue weighted by atomic mass is 32.1. The van der Waals surface area contributed by atoms with Crippen LogP contribution in [0.3, 0.4) is 0 Å². The predicted octanol–water partition coefficient (Wildman–Crippen LogP) is 5.68. The third-order valence-electron chi connectivity index (χ3n) is 4.22. The lowest BCUT2D eigenvalue weighted by Gasteiger charge is -2.21. The van der Waals surface area contributed by atoms with Gasteiger partial charge in [-0.3, -0.25) is 4.90 Å². The number of benzene rings is 1. The van der Waals surface area contributed by atoms with E-state index in [0.29, 0.717) is 12.4 Å². The summed E-state index contributed by atoms with van der Waals surface area (Å²) >= 11 is 3.41. The van der Waals surface area contributed by atoms with Gasteiger partial charge in [-0.1, -0.05) is 30.3 Å². The Morgan fingerprint density at radius 2 is 1.81 bits per heavy atom. The fourth-order valence-corrected chi connectivity index (χ4v) is 4.39. The maximum Gasteiger partial charge on any atom is 0.236 e. The van der Waals surface area contributed by atoms with Gasteiger partial charge in [0.15, 0.2) is 0 Å². The van der Waals surface area contributed by atoms with Gasteiger partial charge in [0.25, 0.3) is 0 Å². The van der Waals surface area contributed by atoms with Gasteiger partial charge in [-0.25, -0.2) is 4.98 Å². The number of oxazole rings is 1. The first kappa shape index (κ1) is 18.0. The topological polar surface area (TPSA) is 38.5 Å². The third-order valence-corrected chi connectivity index (χ3v) is 5.93. The molecule has 0 amide bonds. The molecular formula is C21H20N2O2S2. The van der Waals surface area contributed by atoms with E-state index in [1.165, 1.54) is 10.4 Å². The molecule has 0 aliphatic rings. The minimum Gasteiger partial charge on any atom is -0.496 e. The quantitative estimate of drug-likeness (QED) is 0.384. The Morgan fingerprint density at radius 1 is 0.963 bits per heavy atom. The van der Waals surface area contributed by atoms with Crippen LogP contribution in [0.5, 0.6) is 5.75 Å². The van der Waals surface area contributed by atoms with Gasteiger partial charge >= 0.3 is 0 Å². The van der Waals surface area contributed by atoms with E-state index in [2.05, 4.69) is 33.5 Å². The number of hydrogen-bond donors (Lipinski definition) is 0. The molecule has 0 unspecified atom stereocenters. The molecule has 0 N–H and O–H groups in total. The van der Waals surface area contributed by atoms with Crippen molar-refractivity contribution in [1.29, 1.82) is 0 Å². The van der Waals surface area contributed by atoms with Crippen molar-refractivity contribution in [3.63, 3.8) is 0 Å². The standard InChI is InChI=1S/C21H20N2O2S2/c1-24-19-8-3-2-6-16(19)12-23(14-18-7-4-10-26-18)13-17-15-25-21(22-17)20-9-5-11-27-20/h2-11,15H,12-14H2,1H3. The Bertz CT molecular complexity index is 962. The van der Waals surface area contributed by atoms with Crippen molar-refractivity contribution in [2.75, 3.05) is 7.11 Å². The van der Waals surface area contributed by atoms with Crippen molar-refractivity contribution in [3.8, 4) is 16.5 Å². The van der Waals surface area contributed by atoms with Crippen LogP contribution in [0.15, 0.2) is 70.0 Å². The minimum atomic E-state index is 0.688. The number of ether oxygens (including phenoxy) is 1. The molecule has 0 spiro atoms. The summed E-state index contributed by atoms with van der Waals surface area (Å²) in [5, 5.41) is 4.14. The van der Waals surface area contributed by atoms with E-state index in [9.17, 15) is 0 Å². The lowest BCUT2D eigenvalue weighted by atomic mass is 10.2. The van der Waals surface area contributed by atoms with Crippen LogP contribution < -0.4 is 4.74 Å². The minimum absolute atomic E-state index is 0.688. The van der Waals surface area contributed by atoms with Crippen molar-refractivity contribution in [3.05, 3.63) is 81.7 Å². The summed E-state index contributed by atoms with van der Waals surface area (Å²) < 4.78 is 11.2. The summed E-state index contributed by atoms with van der Waals surface area (Å²) in [4.78, 5) is 9.42. The summed E-state index contributed by atoms with van der Waals surface area (Å²) in [6.45, 7) is 2.35. The molecule has 6 heteroatoms. The number of thiophene rings is 2. The van der Waals surface area contributed by atoms with Gasteiger partial charge in [0, 0.05) is 30.1 Å². The van der Waals surface area contributed by atoms with Gasteiger partial charge < -0.3 is 9.15 Å². The molecular weight excluding hydrogens is 376 g/mol. The van der Waals surface area contributed by atoms with Gasteiger partial charge in [-0.15, -0.1) is 22.7 Å². The Kier molecular flexibility index (Phi) is 5.67. The Hall–Kier alpha value is -2.41. The number of aromatic nitrogens is 1. The second-order valence-corrected chi connectivity index (χ2v) is 8.14. The van der Waals surface area contributed by atoms with Crippen molar-refractivity contribution in [1.82, 2.24) is 9.88 Å². The van der Waals surface area contributed by atoms with Crippen LogP contribution >= 0.6 is 22.7 Å². The first-order valence-corrected chi connectivity index (χ1v) is 10.4. The molecule has 0 fully saturated rings. The van der Waals surface area contributed by atoms with E-state index in [0.717, 1.165) is 29.4 Å². The smallest absolute Gasteiger partial charge is 0.236 e. The fourth-order valence-electron chi connectivity index (χ4n) is 2.99. The van der Waals surface area contributed by atoms with E-state index in [-0.39, 0.29) is 0 Å². The molecule has 4 aromatic rings. The third kappa shape index (κ3) is 4.47. The molecule has 0 saturated heterocycles. The second kappa shape index (κ2) is 8.52. The molecule has 0 saturated carbocycles. The van der Waals surface area contributed by atoms with Crippen molar-refractivity contribution >= 4 is 22.7 Å². The molecule has 1 aromatic carbocycles. The van der Waals surface area contributed by atoms with Gasteiger partial charge in [0.1, 0.15) is 12.0 Å². The van der Waals surface area contributed by atoms with Crippen LogP contribution in [-0.4, -0.2) is 17.0 Å². The Balaban J connectivity index is 1.54. The largest absolute Gasteiger partial charge is 0.496 e. The molecule has 0 aliphatic carbocycles. The van der Waals surface area contributed by atoms with E-state index in [1.54, 1.807) is 36.0 Å². The number of para-hydroxylation sites is 1. The predicted molar refractivity (Wildman–Crippen MR) is 110 cm³/mol. The van der Waals surface area contributed by atoms with Crippen LogP contribution in [0.1, 0.15) is 16.1 Å². The second-order valence-electron chi connectivity index (χ2n) is 6.16. The first-order chi connectivity index (χ1) is 13.3. The van der Waals surface area contributed by atoms with E-state index in [1.807, 2.05) is 35.7 Å². The molecule has 4 rings (SSSR count). The van der Waals surface area contributed by atoms with Gasteiger partial charge in [-0.2, -0.15) is 0 Å². The average molecular weight is 397 g/mol. The summed E-state index contributed by atoms with van der Waals surface area (Å²) in [6.07, 6.45) is 1.76. The van der Waals surface area contributed by atoms with Crippen LogP contribution in [0.2, 0.25) is 0 Å². The first-order valence-electron chi connectivity index (χ1n) is 8.67. The SMILES string of the molecule is COc1ccccc1CN(Cc1coc(-c2cccs2)n1)Cc1cccs1. The maximum atomic E-state index is 5.69. The van der Waals surface area contributed by atoms with Crippen LogP contribution in [0.25, 0.3) is 10.8 Å². The summed E-state index contributed by atoms with van der Waals surface area (Å²) in [7, 11) is 1.72. The van der Waals surface area contributed by atoms with E-state index < -0.39 is 0 Å². The average Bonchev–Trinajstić information content (AvgIpc) is 3.44. The normalized spacial score (nSPS) is 11.2. The molecule has 4 nitrogen and oxygen atoms in total. The lowest BCUT2D eigenvalue weighted by Crippen LogP contribution is -2.22. The van der Waals surface area contributed by atoms with Crippen LogP contribution in [0, 0.1) is 0 Å². The highest BCUT2D eigenvalue weighted by Crippen LogP contribution is 2.26. The van der Waals surface area contributed by atoms with Gasteiger partial charge in [-0.05, 0) is 29.0 Å². The molecule has 3 heterocycles.